The quantitative estimate of drug-likeness (QED) is 0.900. The highest BCUT2D eigenvalue weighted by atomic mass is 32.1. The lowest BCUT2D eigenvalue weighted by Crippen LogP contribution is -2.26. The molecule has 1 aliphatic rings. The van der Waals surface area contributed by atoms with Gasteiger partial charge in [-0.1, -0.05) is 0 Å². The monoisotopic (exact) mass is 281 g/mol. The van der Waals surface area contributed by atoms with Gasteiger partial charge >= 0.3 is 6.18 Å². The summed E-state index contributed by atoms with van der Waals surface area (Å²) in [5.74, 6) is 0. The van der Waals surface area contributed by atoms with E-state index in [9.17, 15) is 13.2 Å². The number of halogens is 3. The van der Waals surface area contributed by atoms with Crippen molar-refractivity contribution in [3.8, 4) is 0 Å². The molecule has 1 aliphatic heterocycles. The van der Waals surface area contributed by atoms with Gasteiger partial charge in [-0.25, -0.2) is 4.98 Å². The third-order valence-electron chi connectivity index (χ3n) is 2.66. The number of hydrogen-bond donors (Lipinski definition) is 1. The summed E-state index contributed by atoms with van der Waals surface area (Å²) in [5.41, 5.74) is 4.52. The van der Waals surface area contributed by atoms with Crippen LogP contribution in [0, 0.1) is 0 Å². The summed E-state index contributed by atoms with van der Waals surface area (Å²) in [7, 11) is 0. The Labute approximate surface area is 107 Å². The summed E-state index contributed by atoms with van der Waals surface area (Å²) in [4.78, 5) is 5.51. The molecule has 102 valence electrons. The van der Waals surface area contributed by atoms with Crippen LogP contribution in [0.25, 0.3) is 0 Å². The van der Waals surface area contributed by atoms with E-state index >= 15 is 0 Å². The van der Waals surface area contributed by atoms with E-state index in [0.717, 1.165) is 24.3 Å². The Morgan fingerprint density at radius 3 is 2.83 bits per heavy atom. The van der Waals surface area contributed by atoms with Crippen molar-refractivity contribution in [2.45, 2.75) is 19.1 Å². The van der Waals surface area contributed by atoms with Crippen molar-refractivity contribution >= 4 is 16.5 Å². The zero-order chi connectivity index (χ0) is 13.2. The van der Waals surface area contributed by atoms with Crippen LogP contribution < -0.4 is 5.73 Å². The number of nitrogen functional groups attached to an aromatic ring is 1. The normalized spacial score (nSPS) is 18.8. The van der Waals surface area contributed by atoms with Crippen molar-refractivity contribution in [1.29, 1.82) is 0 Å². The van der Waals surface area contributed by atoms with Crippen molar-refractivity contribution in [2.75, 3.05) is 32.0 Å². The number of thiazole rings is 1. The molecule has 8 heteroatoms. The van der Waals surface area contributed by atoms with Crippen LogP contribution in [0.3, 0.4) is 0 Å². The molecule has 0 unspecified atom stereocenters. The Bertz CT molecular complexity index is 400. The molecule has 1 fully saturated rings. The first-order valence-electron chi connectivity index (χ1n) is 5.59. The fourth-order valence-corrected chi connectivity index (χ4v) is 2.75. The lowest BCUT2D eigenvalue weighted by atomic mass is 10.3. The van der Waals surface area contributed by atoms with Gasteiger partial charge in [0.1, 0.15) is 0 Å². The standard InChI is InChI=1S/C10H14F3N3OS/c11-10(12,13)8-7(18-9(14)15-8)6-16-2-1-4-17-5-3-16/h1-6H2,(H2,14,15). The van der Waals surface area contributed by atoms with Crippen LogP contribution in [0.2, 0.25) is 0 Å². The third kappa shape index (κ3) is 3.33. The van der Waals surface area contributed by atoms with Crippen LogP contribution in [0.4, 0.5) is 18.3 Å². The number of alkyl halides is 3. The highest BCUT2D eigenvalue weighted by Crippen LogP contribution is 2.35. The second-order valence-corrected chi connectivity index (χ2v) is 5.18. The van der Waals surface area contributed by atoms with Crippen molar-refractivity contribution < 1.29 is 17.9 Å². The molecule has 2 rings (SSSR count). The van der Waals surface area contributed by atoms with Gasteiger partial charge in [-0.2, -0.15) is 13.2 Å². The van der Waals surface area contributed by atoms with Gasteiger partial charge in [0.15, 0.2) is 10.8 Å². The lowest BCUT2D eigenvalue weighted by molar-refractivity contribution is -0.141. The zero-order valence-electron chi connectivity index (χ0n) is 9.66. The second-order valence-electron chi connectivity index (χ2n) is 4.06. The van der Waals surface area contributed by atoms with E-state index in [0.29, 0.717) is 19.8 Å². The number of aromatic nitrogens is 1. The summed E-state index contributed by atoms with van der Waals surface area (Å²) in [6.07, 6.45) is -3.61. The molecule has 1 aromatic heterocycles. The van der Waals surface area contributed by atoms with Crippen LogP contribution in [-0.2, 0) is 17.5 Å². The van der Waals surface area contributed by atoms with Crippen molar-refractivity contribution in [1.82, 2.24) is 9.88 Å². The van der Waals surface area contributed by atoms with E-state index < -0.39 is 11.9 Å². The van der Waals surface area contributed by atoms with Crippen molar-refractivity contribution in [3.05, 3.63) is 10.6 Å². The minimum atomic E-state index is -4.44. The van der Waals surface area contributed by atoms with Gasteiger partial charge in [0, 0.05) is 26.2 Å². The van der Waals surface area contributed by atoms with Gasteiger partial charge in [-0.05, 0) is 6.42 Å². The molecule has 4 nitrogen and oxygen atoms in total. The van der Waals surface area contributed by atoms with E-state index in [2.05, 4.69) is 4.98 Å². The molecule has 0 saturated carbocycles. The molecular formula is C10H14F3N3OS. The fraction of sp³-hybridized carbons (Fsp3) is 0.700. The van der Waals surface area contributed by atoms with E-state index in [4.69, 9.17) is 10.5 Å². The Hall–Kier alpha value is -0.860. The smallest absolute Gasteiger partial charge is 0.380 e. The Morgan fingerprint density at radius 1 is 1.33 bits per heavy atom. The first-order valence-corrected chi connectivity index (χ1v) is 6.41. The average molecular weight is 281 g/mol. The van der Waals surface area contributed by atoms with Crippen molar-refractivity contribution in [3.63, 3.8) is 0 Å². The minimum Gasteiger partial charge on any atom is -0.380 e. The minimum absolute atomic E-state index is 0.0385. The molecular weight excluding hydrogens is 267 g/mol. The SMILES string of the molecule is Nc1nc(C(F)(F)F)c(CN2CCCOCC2)s1. The number of anilines is 1. The van der Waals surface area contributed by atoms with Crippen LogP contribution in [-0.4, -0.2) is 36.2 Å². The highest BCUT2D eigenvalue weighted by molar-refractivity contribution is 7.15. The first-order chi connectivity index (χ1) is 8.47. The molecule has 0 aromatic carbocycles. The summed E-state index contributed by atoms with van der Waals surface area (Å²) in [6.45, 7) is 2.81. The molecule has 18 heavy (non-hydrogen) atoms. The third-order valence-corrected chi connectivity index (χ3v) is 3.53. The molecule has 1 saturated heterocycles. The molecule has 2 heterocycles. The Balaban J connectivity index is 2.12. The summed E-state index contributed by atoms with van der Waals surface area (Å²) in [5, 5.41) is -0.0385. The number of ether oxygens (including phenoxy) is 1. The van der Waals surface area contributed by atoms with Gasteiger partial charge < -0.3 is 10.5 Å². The number of rotatable bonds is 2. The topological polar surface area (TPSA) is 51.4 Å². The molecule has 1 aromatic rings. The van der Waals surface area contributed by atoms with E-state index in [1.54, 1.807) is 0 Å². The van der Waals surface area contributed by atoms with Crippen molar-refractivity contribution in [2.24, 2.45) is 0 Å². The molecule has 0 radical (unpaired) electrons. The zero-order valence-corrected chi connectivity index (χ0v) is 10.5. The fourth-order valence-electron chi connectivity index (χ4n) is 1.86. The summed E-state index contributed by atoms with van der Waals surface area (Å²) < 4.78 is 43.5. The molecule has 0 aliphatic carbocycles. The van der Waals surface area contributed by atoms with E-state index in [1.165, 1.54) is 0 Å². The number of hydrogen-bond acceptors (Lipinski definition) is 5. The average Bonchev–Trinajstić information content (AvgIpc) is 2.49. The molecule has 0 bridgehead atoms. The molecule has 0 amide bonds. The van der Waals surface area contributed by atoms with Gasteiger partial charge in [0.05, 0.1) is 11.5 Å². The number of nitrogens with two attached hydrogens (primary N) is 1. The maximum absolute atomic E-state index is 12.7. The molecule has 0 atom stereocenters. The second kappa shape index (κ2) is 5.41. The number of nitrogens with zero attached hydrogens (tertiary/aromatic N) is 2. The van der Waals surface area contributed by atoms with Gasteiger partial charge in [-0.3, -0.25) is 4.90 Å². The van der Waals surface area contributed by atoms with Crippen LogP contribution in [0.5, 0.6) is 0 Å². The Morgan fingerprint density at radius 2 is 2.11 bits per heavy atom. The van der Waals surface area contributed by atoms with E-state index in [1.807, 2.05) is 4.90 Å². The molecule has 2 N–H and O–H groups in total. The predicted molar refractivity (Wildman–Crippen MR) is 62.2 cm³/mol. The van der Waals surface area contributed by atoms with Gasteiger partial charge in [0.2, 0.25) is 0 Å². The predicted octanol–water partition coefficient (Wildman–Crippen LogP) is 1.97. The van der Waals surface area contributed by atoms with Crippen LogP contribution in [0.1, 0.15) is 17.0 Å². The maximum Gasteiger partial charge on any atom is 0.434 e. The largest absolute Gasteiger partial charge is 0.434 e. The molecule has 0 spiro atoms. The van der Waals surface area contributed by atoms with Crippen LogP contribution in [0.15, 0.2) is 0 Å². The van der Waals surface area contributed by atoms with Crippen LogP contribution >= 0.6 is 11.3 Å². The Kier molecular flexibility index (Phi) is 4.08. The van der Waals surface area contributed by atoms with Gasteiger partial charge in [-0.15, -0.1) is 11.3 Å². The summed E-state index contributed by atoms with van der Waals surface area (Å²) in [6, 6.07) is 0. The first kappa shape index (κ1) is 13.6. The highest BCUT2D eigenvalue weighted by Gasteiger charge is 2.37. The maximum atomic E-state index is 12.7. The van der Waals surface area contributed by atoms with Gasteiger partial charge in [0.25, 0.3) is 0 Å². The van der Waals surface area contributed by atoms with E-state index in [-0.39, 0.29) is 16.6 Å². The summed E-state index contributed by atoms with van der Waals surface area (Å²) >= 11 is 0.906. The lowest BCUT2D eigenvalue weighted by Gasteiger charge is -2.18.